The number of nitrogens with zero attached hydrogens (tertiary/aromatic N) is 1. The number of allylic oxidation sites excluding steroid dienone is 1. The van der Waals surface area contributed by atoms with Gasteiger partial charge in [-0.1, -0.05) is 12.1 Å². The Kier molecular flexibility index (Phi) is 5.03. The zero-order valence-electron chi connectivity index (χ0n) is 13.2. The van der Waals surface area contributed by atoms with Crippen LogP contribution in [0, 0.1) is 0 Å². The number of esters is 1. The average molecular weight is 320 g/mol. The largest absolute Gasteiger partial charge is 0.497 e. The Hall–Kier alpha value is -2.08. The van der Waals surface area contributed by atoms with E-state index in [2.05, 4.69) is 5.32 Å². The predicted molar refractivity (Wildman–Crippen MR) is 88.6 cm³/mol. The van der Waals surface area contributed by atoms with Crippen molar-refractivity contribution in [3.63, 3.8) is 0 Å². The molecule has 22 heavy (non-hydrogen) atoms. The summed E-state index contributed by atoms with van der Waals surface area (Å²) in [7, 11) is 3.44. The van der Waals surface area contributed by atoms with Crippen LogP contribution in [0.15, 0.2) is 35.5 Å². The Morgan fingerprint density at radius 3 is 2.55 bits per heavy atom. The van der Waals surface area contributed by atoms with Crippen LogP contribution in [0.5, 0.6) is 5.75 Å². The second-order valence-corrected chi connectivity index (χ2v) is 5.32. The highest BCUT2D eigenvalue weighted by Crippen LogP contribution is 2.31. The molecule has 0 unspecified atom stereocenters. The zero-order chi connectivity index (χ0) is 16.3. The van der Waals surface area contributed by atoms with E-state index in [0.717, 1.165) is 17.0 Å². The number of carbonyl (C=O) groups excluding carboxylic acids is 1. The van der Waals surface area contributed by atoms with E-state index in [4.69, 9.17) is 21.7 Å². The molecule has 0 saturated carbocycles. The lowest BCUT2D eigenvalue weighted by Gasteiger charge is -2.35. The quantitative estimate of drug-likeness (QED) is 0.679. The normalized spacial score (nSPS) is 18.1. The van der Waals surface area contributed by atoms with E-state index in [9.17, 15) is 4.79 Å². The van der Waals surface area contributed by atoms with Crippen molar-refractivity contribution in [2.75, 3.05) is 20.8 Å². The highest BCUT2D eigenvalue weighted by molar-refractivity contribution is 7.80. The molecule has 0 aliphatic carbocycles. The lowest BCUT2D eigenvalue weighted by atomic mass is 9.95. The van der Waals surface area contributed by atoms with Crippen LogP contribution >= 0.6 is 12.2 Å². The molecule has 1 atom stereocenters. The fourth-order valence-corrected chi connectivity index (χ4v) is 2.61. The van der Waals surface area contributed by atoms with E-state index in [1.165, 1.54) is 0 Å². The maximum atomic E-state index is 12.4. The summed E-state index contributed by atoms with van der Waals surface area (Å²) in [6.45, 7) is 4.00. The second kappa shape index (κ2) is 6.79. The van der Waals surface area contributed by atoms with Crippen molar-refractivity contribution in [2.24, 2.45) is 0 Å². The minimum absolute atomic E-state index is 0.325. The first kappa shape index (κ1) is 16.3. The number of thiocarbonyl (C=S) groups is 1. The highest BCUT2D eigenvalue weighted by atomic mass is 32.1. The molecule has 1 N–H and O–H groups in total. The van der Waals surface area contributed by atoms with Crippen LogP contribution in [-0.4, -0.2) is 36.7 Å². The van der Waals surface area contributed by atoms with Crippen LogP contribution in [0.4, 0.5) is 0 Å². The van der Waals surface area contributed by atoms with Crippen molar-refractivity contribution in [1.82, 2.24) is 10.2 Å². The topological polar surface area (TPSA) is 50.8 Å². The van der Waals surface area contributed by atoms with Gasteiger partial charge in [-0.3, -0.25) is 0 Å². The molecule has 5 nitrogen and oxygen atoms in total. The number of methoxy groups -OCH3 is 1. The second-order valence-electron chi connectivity index (χ2n) is 4.93. The number of benzene rings is 1. The predicted octanol–water partition coefficient (Wildman–Crippen LogP) is 2.39. The van der Waals surface area contributed by atoms with Crippen molar-refractivity contribution in [1.29, 1.82) is 0 Å². The molecule has 0 spiro atoms. The van der Waals surface area contributed by atoms with E-state index in [0.29, 0.717) is 17.3 Å². The molecule has 1 aromatic carbocycles. The average Bonchev–Trinajstić information content (AvgIpc) is 2.52. The molecule has 2 rings (SSSR count). The number of carbonyl (C=O) groups is 1. The summed E-state index contributed by atoms with van der Waals surface area (Å²) in [5.74, 6) is 0.431. The summed E-state index contributed by atoms with van der Waals surface area (Å²) in [4.78, 5) is 14.1. The van der Waals surface area contributed by atoms with Gasteiger partial charge in [-0.2, -0.15) is 0 Å². The molecule has 0 saturated heterocycles. The van der Waals surface area contributed by atoms with Gasteiger partial charge in [-0.25, -0.2) is 4.79 Å². The van der Waals surface area contributed by atoms with Gasteiger partial charge in [0, 0.05) is 12.7 Å². The Labute approximate surface area is 135 Å². The first-order valence-electron chi connectivity index (χ1n) is 7.05. The maximum Gasteiger partial charge on any atom is 0.338 e. The molecule has 0 fully saturated rings. The number of rotatable bonds is 4. The van der Waals surface area contributed by atoms with Gasteiger partial charge in [-0.15, -0.1) is 0 Å². The Morgan fingerprint density at radius 1 is 1.36 bits per heavy atom. The van der Waals surface area contributed by atoms with Gasteiger partial charge >= 0.3 is 5.97 Å². The zero-order valence-corrected chi connectivity index (χ0v) is 14.0. The number of nitrogens with one attached hydrogen (secondary N) is 1. The molecule has 0 amide bonds. The molecule has 6 heteroatoms. The van der Waals surface area contributed by atoms with Gasteiger partial charge in [0.2, 0.25) is 0 Å². The maximum absolute atomic E-state index is 12.4. The number of hydrogen-bond donors (Lipinski definition) is 1. The fourth-order valence-electron chi connectivity index (χ4n) is 2.36. The first-order chi connectivity index (χ1) is 10.5. The molecule has 1 heterocycles. The summed E-state index contributed by atoms with van der Waals surface area (Å²) in [5.41, 5.74) is 2.30. The lowest BCUT2D eigenvalue weighted by molar-refractivity contribution is -0.139. The van der Waals surface area contributed by atoms with Crippen LogP contribution in [0.2, 0.25) is 0 Å². The monoisotopic (exact) mass is 320 g/mol. The summed E-state index contributed by atoms with van der Waals surface area (Å²) in [6.07, 6.45) is 0. The van der Waals surface area contributed by atoms with Gasteiger partial charge in [-0.05, 0) is 43.8 Å². The van der Waals surface area contributed by atoms with Gasteiger partial charge in [0.15, 0.2) is 5.11 Å². The Bertz CT molecular complexity index is 610. The minimum Gasteiger partial charge on any atom is -0.497 e. The van der Waals surface area contributed by atoms with Crippen molar-refractivity contribution in [2.45, 2.75) is 19.9 Å². The summed E-state index contributed by atoms with van der Waals surface area (Å²) >= 11 is 5.34. The van der Waals surface area contributed by atoms with Crippen molar-refractivity contribution in [3.8, 4) is 5.75 Å². The van der Waals surface area contributed by atoms with Crippen molar-refractivity contribution in [3.05, 3.63) is 41.1 Å². The van der Waals surface area contributed by atoms with Crippen LogP contribution in [0.25, 0.3) is 0 Å². The standard InChI is InChI=1S/C16H20N2O3S/c1-5-21-15(19)13-10(2)18(3)16(22)17-14(13)11-6-8-12(20-4)9-7-11/h6-9,14H,5H2,1-4H3,(H,17,22)/t14-/m0/s1. The third-order valence-electron chi connectivity index (χ3n) is 3.70. The highest BCUT2D eigenvalue weighted by Gasteiger charge is 2.33. The number of ether oxygens (including phenoxy) is 2. The lowest BCUT2D eigenvalue weighted by Crippen LogP contribution is -2.46. The van der Waals surface area contributed by atoms with Gasteiger partial charge < -0.3 is 19.7 Å². The van der Waals surface area contributed by atoms with Crippen LogP contribution < -0.4 is 10.1 Å². The first-order valence-corrected chi connectivity index (χ1v) is 7.46. The summed E-state index contributed by atoms with van der Waals surface area (Å²) in [5, 5.41) is 3.77. The molecule has 1 aliphatic heterocycles. The fraction of sp³-hybridized carbons (Fsp3) is 0.375. The Balaban J connectivity index is 2.45. The summed E-state index contributed by atoms with van der Waals surface area (Å²) in [6, 6.07) is 7.22. The van der Waals surface area contributed by atoms with E-state index in [1.807, 2.05) is 38.2 Å². The third-order valence-corrected chi connectivity index (χ3v) is 4.09. The molecule has 0 bridgehead atoms. The van der Waals surface area contributed by atoms with Crippen molar-refractivity contribution < 1.29 is 14.3 Å². The SMILES string of the molecule is CCOC(=O)C1=C(C)N(C)C(=S)N[C@H]1c1ccc(OC)cc1. The van der Waals surface area contributed by atoms with Crippen LogP contribution in [0.3, 0.4) is 0 Å². The smallest absolute Gasteiger partial charge is 0.338 e. The molecule has 118 valence electrons. The van der Waals surface area contributed by atoms with E-state index in [-0.39, 0.29) is 12.0 Å². The van der Waals surface area contributed by atoms with Gasteiger partial charge in [0.05, 0.1) is 25.3 Å². The summed E-state index contributed by atoms with van der Waals surface area (Å²) < 4.78 is 10.4. The molecule has 0 aromatic heterocycles. The molecular weight excluding hydrogens is 300 g/mol. The molecular formula is C16H20N2O3S. The molecule has 1 aliphatic rings. The van der Waals surface area contributed by atoms with Crippen LogP contribution in [0.1, 0.15) is 25.5 Å². The van der Waals surface area contributed by atoms with Gasteiger partial charge in [0.1, 0.15) is 5.75 Å². The Morgan fingerprint density at radius 2 is 2.00 bits per heavy atom. The van der Waals surface area contributed by atoms with Crippen LogP contribution in [-0.2, 0) is 9.53 Å². The molecule has 0 radical (unpaired) electrons. The van der Waals surface area contributed by atoms with Gasteiger partial charge in [0.25, 0.3) is 0 Å². The number of hydrogen-bond acceptors (Lipinski definition) is 4. The van der Waals surface area contributed by atoms with E-state index >= 15 is 0 Å². The molecule has 1 aromatic rings. The van der Waals surface area contributed by atoms with E-state index < -0.39 is 0 Å². The third kappa shape index (κ3) is 3.06. The minimum atomic E-state index is -0.331. The van der Waals surface area contributed by atoms with E-state index in [1.54, 1.807) is 18.9 Å². The van der Waals surface area contributed by atoms with Crippen molar-refractivity contribution >= 4 is 23.3 Å².